The summed E-state index contributed by atoms with van der Waals surface area (Å²) in [5, 5.41) is 0. The number of terminal acetylenes is 1. The lowest BCUT2D eigenvalue weighted by Gasteiger charge is -2.09. The van der Waals surface area contributed by atoms with Crippen LogP contribution in [-0.2, 0) is 0 Å². The van der Waals surface area contributed by atoms with Crippen LogP contribution in [0.5, 0.6) is 5.75 Å². The number of rotatable bonds is 2. The van der Waals surface area contributed by atoms with Crippen LogP contribution in [0.3, 0.4) is 0 Å². The maximum atomic E-state index is 12.0. The first kappa shape index (κ1) is 13.0. The van der Waals surface area contributed by atoms with E-state index in [1.165, 1.54) is 24.3 Å². The van der Waals surface area contributed by atoms with Gasteiger partial charge in [0.1, 0.15) is 5.75 Å². The van der Waals surface area contributed by atoms with Gasteiger partial charge in [-0.25, -0.2) is 0 Å². The smallest absolute Gasteiger partial charge is 0.406 e. The zero-order chi connectivity index (χ0) is 13.9. The molecule has 2 aromatic rings. The Morgan fingerprint density at radius 2 is 1.79 bits per heavy atom. The van der Waals surface area contributed by atoms with Crippen molar-refractivity contribution in [1.82, 2.24) is 4.98 Å². The van der Waals surface area contributed by atoms with Crippen LogP contribution in [0.25, 0.3) is 11.1 Å². The van der Waals surface area contributed by atoms with E-state index >= 15 is 0 Å². The van der Waals surface area contributed by atoms with Gasteiger partial charge in [0.15, 0.2) is 0 Å². The first-order valence-corrected chi connectivity index (χ1v) is 5.26. The van der Waals surface area contributed by atoms with E-state index in [0.717, 1.165) is 0 Å². The summed E-state index contributed by atoms with van der Waals surface area (Å²) < 4.78 is 39.9. The van der Waals surface area contributed by atoms with E-state index in [1.807, 2.05) is 0 Å². The summed E-state index contributed by atoms with van der Waals surface area (Å²) in [7, 11) is 0. The lowest BCUT2D eigenvalue weighted by Crippen LogP contribution is -2.16. The normalized spacial score (nSPS) is 10.8. The molecule has 0 fully saturated rings. The third-order valence-corrected chi connectivity index (χ3v) is 2.38. The molecule has 5 heteroatoms. The highest BCUT2D eigenvalue weighted by atomic mass is 19.4. The molecule has 0 spiro atoms. The fourth-order valence-corrected chi connectivity index (χ4v) is 1.59. The number of hydrogen-bond donors (Lipinski definition) is 0. The van der Waals surface area contributed by atoms with Crippen molar-refractivity contribution >= 4 is 0 Å². The average molecular weight is 263 g/mol. The highest BCUT2D eigenvalue weighted by Crippen LogP contribution is 2.27. The minimum absolute atomic E-state index is 0.276. The Hall–Kier alpha value is -2.48. The molecule has 0 unspecified atom stereocenters. The molecule has 2 rings (SSSR count). The summed E-state index contributed by atoms with van der Waals surface area (Å²) in [5.41, 5.74) is 1.98. The minimum atomic E-state index is -4.69. The van der Waals surface area contributed by atoms with Crippen LogP contribution < -0.4 is 4.74 Å². The summed E-state index contributed by atoms with van der Waals surface area (Å²) >= 11 is 0. The van der Waals surface area contributed by atoms with Gasteiger partial charge in [0.2, 0.25) is 0 Å². The fourth-order valence-electron chi connectivity index (χ4n) is 1.59. The highest BCUT2D eigenvalue weighted by Gasteiger charge is 2.30. The Morgan fingerprint density at radius 3 is 2.37 bits per heavy atom. The Bertz CT molecular complexity index is 612. The zero-order valence-corrected chi connectivity index (χ0v) is 9.61. The Morgan fingerprint density at radius 1 is 1.11 bits per heavy atom. The number of pyridine rings is 1. The molecule has 0 aliphatic heterocycles. The standard InChI is InChI=1S/C14H8F3NO/c1-2-10-7-8-18-9-13(10)11-3-5-12(6-4-11)19-14(15,16)17/h1,3-9H. The molecule has 0 radical (unpaired) electrons. The molecule has 0 aliphatic carbocycles. The summed E-state index contributed by atoms with van der Waals surface area (Å²) in [6, 6.07) is 7.12. The number of alkyl halides is 3. The van der Waals surface area contributed by atoms with E-state index in [-0.39, 0.29) is 5.75 Å². The Labute approximate surface area is 107 Å². The van der Waals surface area contributed by atoms with Crippen molar-refractivity contribution in [1.29, 1.82) is 0 Å². The quantitative estimate of drug-likeness (QED) is 0.772. The summed E-state index contributed by atoms with van der Waals surface area (Å²) in [5.74, 6) is 2.22. The van der Waals surface area contributed by atoms with Gasteiger partial charge in [-0.05, 0) is 23.8 Å². The maximum Gasteiger partial charge on any atom is 0.573 e. The van der Waals surface area contributed by atoms with E-state index in [2.05, 4.69) is 15.6 Å². The number of hydrogen-bond acceptors (Lipinski definition) is 2. The number of benzene rings is 1. The largest absolute Gasteiger partial charge is 0.573 e. The number of aromatic nitrogens is 1. The van der Waals surface area contributed by atoms with Gasteiger partial charge in [-0.1, -0.05) is 18.1 Å². The predicted molar refractivity (Wildman–Crippen MR) is 64.3 cm³/mol. The molecular weight excluding hydrogens is 255 g/mol. The average Bonchev–Trinajstić information content (AvgIpc) is 2.38. The second-order valence-corrected chi connectivity index (χ2v) is 3.64. The molecular formula is C14H8F3NO. The van der Waals surface area contributed by atoms with Crippen LogP contribution in [0.4, 0.5) is 13.2 Å². The SMILES string of the molecule is C#Cc1ccncc1-c1ccc(OC(F)(F)F)cc1. The van der Waals surface area contributed by atoms with Crippen LogP contribution in [0.1, 0.15) is 5.56 Å². The van der Waals surface area contributed by atoms with Crippen molar-refractivity contribution < 1.29 is 17.9 Å². The van der Waals surface area contributed by atoms with E-state index in [9.17, 15) is 13.2 Å². The molecule has 0 saturated heterocycles. The van der Waals surface area contributed by atoms with Gasteiger partial charge in [-0.2, -0.15) is 0 Å². The number of nitrogens with zero attached hydrogens (tertiary/aromatic N) is 1. The molecule has 96 valence electrons. The Kier molecular flexibility index (Phi) is 3.43. The van der Waals surface area contributed by atoms with Gasteiger partial charge in [-0.15, -0.1) is 19.6 Å². The van der Waals surface area contributed by atoms with Gasteiger partial charge in [0.05, 0.1) is 0 Å². The molecule has 0 saturated carbocycles. The molecule has 1 aromatic carbocycles. The molecule has 19 heavy (non-hydrogen) atoms. The fraction of sp³-hybridized carbons (Fsp3) is 0.0714. The van der Waals surface area contributed by atoms with E-state index in [0.29, 0.717) is 16.7 Å². The topological polar surface area (TPSA) is 22.1 Å². The molecule has 1 aromatic heterocycles. The molecule has 1 heterocycles. The van der Waals surface area contributed by atoms with Crippen LogP contribution in [0.2, 0.25) is 0 Å². The first-order valence-electron chi connectivity index (χ1n) is 5.26. The minimum Gasteiger partial charge on any atom is -0.406 e. The predicted octanol–water partition coefficient (Wildman–Crippen LogP) is 3.63. The van der Waals surface area contributed by atoms with Crippen molar-refractivity contribution in [3.05, 3.63) is 48.3 Å². The third-order valence-electron chi connectivity index (χ3n) is 2.38. The monoisotopic (exact) mass is 263 g/mol. The van der Waals surface area contributed by atoms with Crippen molar-refractivity contribution in [3.8, 4) is 29.2 Å². The molecule has 0 N–H and O–H groups in total. The lowest BCUT2D eigenvalue weighted by molar-refractivity contribution is -0.274. The third kappa shape index (κ3) is 3.26. The van der Waals surface area contributed by atoms with Crippen molar-refractivity contribution in [2.75, 3.05) is 0 Å². The molecule has 0 bridgehead atoms. The number of halogens is 3. The van der Waals surface area contributed by atoms with Gasteiger partial charge < -0.3 is 4.74 Å². The highest BCUT2D eigenvalue weighted by molar-refractivity contribution is 5.70. The van der Waals surface area contributed by atoms with Crippen LogP contribution >= 0.6 is 0 Å². The summed E-state index contributed by atoms with van der Waals surface area (Å²) in [6.07, 6.45) is 3.77. The molecule has 0 atom stereocenters. The van der Waals surface area contributed by atoms with Crippen molar-refractivity contribution in [3.63, 3.8) is 0 Å². The van der Waals surface area contributed by atoms with E-state index in [1.54, 1.807) is 18.5 Å². The molecule has 2 nitrogen and oxygen atoms in total. The van der Waals surface area contributed by atoms with Gasteiger partial charge in [-0.3, -0.25) is 4.98 Å². The first-order chi connectivity index (χ1) is 8.99. The molecule has 0 amide bonds. The van der Waals surface area contributed by atoms with E-state index in [4.69, 9.17) is 6.42 Å². The second kappa shape index (κ2) is 5.02. The van der Waals surface area contributed by atoms with Gasteiger partial charge in [0.25, 0.3) is 0 Å². The van der Waals surface area contributed by atoms with Gasteiger partial charge in [0, 0.05) is 23.5 Å². The zero-order valence-electron chi connectivity index (χ0n) is 9.61. The Balaban J connectivity index is 2.31. The second-order valence-electron chi connectivity index (χ2n) is 3.64. The lowest BCUT2D eigenvalue weighted by atomic mass is 10.0. The number of ether oxygens (including phenoxy) is 1. The summed E-state index contributed by atoms with van der Waals surface area (Å²) in [4.78, 5) is 3.94. The van der Waals surface area contributed by atoms with Crippen molar-refractivity contribution in [2.24, 2.45) is 0 Å². The molecule has 0 aliphatic rings. The van der Waals surface area contributed by atoms with Crippen molar-refractivity contribution in [2.45, 2.75) is 6.36 Å². The van der Waals surface area contributed by atoms with Gasteiger partial charge >= 0.3 is 6.36 Å². The summed E-state index contributed by atoms with van der Waals surface area (Å²) in [6.45, 7) is 0. The maximum absolute atomic E-state index is 12.0. The van der Waals surface area contributed by atoms with E-state index < -0.39 is 6.36 Å². The van der Waals surface area contributed by atoms with Crippen LogP contribution in [0.15, 0.2) is 42.7 Å². The van der Waals surface area contributed by atoms with Crippen LogP contribution in [-0.4, -0.2) is 11.3 Å². The van der Waals surface area contributed by atoms with Crippen LogP contribution in [0, 0.1) is 12.3 Å².